The van der Waals surface area contributed by atoms with Crippen LogP contribution in [0.15, 0.2) is 46.8 Å². The van der Waals surface area contributed by atoms with Gasteiger partial charge >= 0.3 is 0 Å². The van der Waals surface area contributed by atoms with Gasteiger partial charge in [-0.1, -0.05) is 15.9 Å². The molecule has 0 aliphatic carbocycles. The van der Waals surface area contributed by atoms with E-state index in [1.54, 1.807) is 0 Å². The van der Waals surface area contributed by atoms with Gasteiger partial charge in [0.2, 0.25) is 0 Å². The predicted molar refractivity (Wildman–Crippen MR) is 93.4 cm³/mol. The number of halogens is 5. The largest absolute Gasteiger partial charge is 0.474 e. The maximum absolute atomic E-state index is 14.2. The van der Waals surface area contributed by atoms with Crippen LogP contribution < -0.4 is 10.2 Å². The summed E-state index contributed by atoms with van der Waals surface area (Å²) in [6.07, 6.45) is 0.170. The highest BCUT2D eigenvalue weighted by Crippen LogP contribution is 2.30. The Balaban J connectivity index is 1.79. The fraction of sp³-hybridized carbons (Fsp3) is 0.167. The molecule has 0 aromatic heterocycles. The van der Waals surface area contributed by atoms with E-state index in [2.05, 4.69) is 21.2 Å². The summed E-state index contributed by atoms with van der Waals surface area (Å²) < 4.78 is 60.4. The van der Waals surface area contributed by atoms with E-state index >= 15 is 0 Å². The van der Waals surface area contributed by atoms with E-state index in [0.29, 0.717) is 0 Å². The number of amides is 1. The van der Waals surface area contributed by atoms with Crippen molar-refractivity contribution < 1.29 is 27.1 Å². The predicted octanol–water partition coefficient (Wildman–Crippen LogP) is 4.35. The third kappa shape index (κ3) is 4.08. The molecule has 1 N–H and O–H groups in total. The van der Waals surface area contributed by atoms with E-state index in [9.17, 15) is 22.4 Å². The Morgan fingerprint density at radius 2 is 1.78 bits per heavy atom. The van der Waals surface area contributed by atoms with Gasteiger partial charge in [-0.05, 0) is 31.2 Å². The van der Waals surface area contributed by atoms with Gasteiger partial charge in [0.05, 0.1) is 6.08 Å². The summed E-state index contributed by atoms with van der Waals surface area (Å²) in [4.78, 5) is 13.3. The van der Waals surface area contributed by atoms with Crippen LogP contribution in [0.4, 0.5) is 23.2 Å². The summed E-state index contributed by atoms with van der Waals surface area (Å²) in [5, 5.41) is 2.77. The molecule has 0 spiro atoms. The minimum Gasteiger partial charge on any atom is -0.474 e. The van der Waals surface area contributed by atoms with Crippen molar-refractivity contribution in [2.45, 2.75) is 19.7 Å². The zero-order chi connectivity index (χ0) is 19.7. The van der Waals surface area contributed by atoms with Crippen LogP contribution in [0.5, 0.6) is 0 Å². The number of rotatable bonds is 4. The molecular formula is C18H13BrF4N2O2. The summed E-state index contributed by atoms with van der Waals surface area (Å²) in [6, 6.07) is 5.12. The smallest absolute Gasteiger partial charge is 0.258 e. The van der Waals surface area contributed by atoms with Crippen LogP contribution in [0.3, 0.4) is 0 Å². The Hall–Kier alpha value is -2.55. The van der Waals surface area contributed by atoms with Crippen LogP contribution in [0.2, 0.25) is 0 Å². The van der Waals surface area contributed by atoms with Crippen molar-refractivity contribution in [3.05, 3.63) is 75.6 Å². The van der Waals surface area contributed by atoms with Gasteiger partial charge in [-0.3, -0.25) is 9.69 Å². The molecule has 1 atom stereocenters. The van der Waals surface area contributed by atoms with E-state index in [-0.39, 0.29) is 22.5 Å². The van der Waals surface area contributed by atoms with Crippen LogP contribution in [0, 0.1) is 23.3 Å². The lowest BCUT2D eigenvalue weighted by Gasteiger charge is -2.34. The van der Waals surface area contributed by atoms with Crippen LogP contribution in [0.1, 0.15) is 12.5 Å². The molecule has 142 valence electrons. The quantitative estimate of drug-likeness (QED) is 0.712. The summed E-state index contributed by atoms with van der Waals surface area (Å²) in [5.41, 5.74) is -0.408. The number of hydrogen-bond donors (Lipinski definition) is 1. The Labute approximate surface area is 160 Å². The monoisotopic (exact) mass is 444 g/mol. The zero-order valence-electron chi connectivity index (χ0n) is 13.9. The number of anilines is 1. The van der Waals surface area contributed by atoms with E-state index < -0.39 is 41.0 Å². The lowest BCUT2D eigenvalue weighted by Crippen LogP contribution is -2.51. The maximum atomic E-state index is 14.2. The van der Waals surface area contributed by atoms with E-state index in [1.165, 1.54) is 13.0 Å². The molecule has 2 aromatic carbocycles. The van der Waals surface area contributed by atoms with Gasteiger partial charge in [0.15, 0.2) is 17.5 Å². The van der Waals surface area contributed by atoms with Gasteiger partial charge in [0, 0.05) is 16.1 Å². The Morgan fingerprint density at radius 1 is 1.11 bits per heavy atom. The first-order valence-corrected chi connectivity index (χ1v) is 8.58. The van der Waals surface area contributed by atoms with Crippen molar-refractivity contribution in [2.24, 2.45) is 0 Å². The Kier molecular flexibility index (Phi) is 5.41. The highest BCUT2D eigenvalue weighted by molar-refractivity contribution is 9.10. The van der Waals surface area contributed by atoms with E-state index in [1.807, 2.05) is 0 Å². The Bertz CT molecular complexity index is 913. The molecule has 4 nitrogen and oxygen atoms in total. The molecule has 0 fully saturated rings. The molecular weight excluding hydrogens is 432 g/mol. The molecule has 0 saturated heterocycles. The zero-order valence-corrected chi connectivity index (χ0v) is 15.5. The van der Waals surface area contributed by atoms with Crippen LogP contribution in [-0.2, 0) is 16.1 Å². The topological polar surface area (TPSA) is 41.6 Å². The Morgan fingerprint density at radius 3 is 2.37 bits per heavy atom. The molecule has 3 rings (SSSR count). The van der Waals surface area contributed by atoms with Crippen molar-refractivity contribution in [3.8, 4) is 0 Å². The number of ether oxygens (including phenoxy) is 1. The minimum absolute atomic E-state index is 0.00500. The summed E-state index contributed by atoms with van der Waals surface area (Å²) in [5.74, 6) is -4.03. The van der Waals surface area contributed by atoms with E-state index in [4.69, 9.17) is 4.74 Å². The molecule has 2 aromatic rings. The fourth-order valence-corrected chi connectivity index (χ4v) is 3.03. The van der Waals surface area contributed by atoms with Crippen LogP contribution in [-0.4, -0.2) is 12.1 Å². The lowest BCUT2D eigenvalue weighted by atomic mass is 10.2. The van der Waals surface area contributed by atoms with E-state index in [0.717, 1.165) is 35.2 Å². The second-order valence-corrected chi connectivity index (χ2v) is 6.70. The standard InChI is InChI=1S/C18H13BrF4N2O2/c1-9-24-16(27-8-10-2-3-12(20)6-13(10)21)7-17(26)25(9)18-14(22)4-11(19)5-15(18)23/h2-7,9,24H,8H2,1H3. The molecule has 9 heteroatoms. The summed E-state index contributed by atoms with van der Waals surface area (Å²) in [7, 11) is 0. The van der Waals surface area contributed by atoms with Gasteiger partial charge in [-0.15, -0.1) is 0 Å². The second-order valence-electron chi connectivity index (χ2n) is 5.78. The number of carbonyl (C=O) groups is 1. The van der Waals surface area contributed by atoms with Crippen LogP contribution >= 0.6 is 15.9 Å². The first kappa shape index (κ1) is 19.2. The first-order chi connectivity index (χ1) is 12.8. The highest BCUT2D eigenvalue weighted by Gasteiger charge is 2.31. The van der Waals surface area contributed by atoms with Gasteiger partial charge in [0.1, 0.15) is 30.1 Å². The van der Waals surface area contributed by atoms with Crippen molar-refractivity contribution >= 4 is 27.5 Å². The highest BCUT2D eigenvalue weighted by atomic mass is 79.9. The number of nitrogens with zero attached hydrogens (tertiary/aromatic N) is 1. The third-order valence-corrected chi connectivity index (χ3v) is 4.31. The molecule has 0 bridgehead atoms. The number of carbonyl (C=O) groups excluding carboxylic acids is 1. The van der Waals surface area contributed by atoms with Gasteiger partial charge in [0.25, 0.3) is 5.91 Å². The molecule has 1 heterocycles. The fourth-order valence-electron chi connectivity index (χ4n) is 2.63. The maximum Gasteiger partial charge on any atom is 0.258 e. The van der Waals surface area contributed by atoms with Crippen molar-refractivity contribution in [1.29, 1.82) is 0 Å². The molecule has 1 amide bonds. The normalized spacial score (nSPS) is 16.8. The summed E-state index contributed by atoms with van der Waals surface area (Å²) >= 11 is 2.98. The van der Waals surface area contributed by atoms with Gasteiger partial charge < -0.3 is 10.1 Å². The molecule has 0 radical (unpaired) electrons. The molecule has 1 unspecified atom stereocenters. The molecule has 1 aliphatic heterocycles. The van der Waals surface area contributed by atoms with Crippen molar-refractivity contribution in [2.75, 3.05) is 4.90 Å². The first-order valence-electron chi connectivity index (χ1n) is 7.79. The van der Waals surface area contributed by atoms with Gasteiger partial charge in [-0.2, -0.15) is 0 Å². The molecule has 27 heavy (non-hydrogen) atoms. The van der Waals surface area contributed by atoms with Gasteiger partial charge in [-0.25, -0.2) is 17.6 Å². The summed E-state index contributed by atoms with van der Waals surface area (Å²) in [6.45, 7) is 1.25. The SMILES string of the molecule is CC1NC(OCc2ccc(F)cc2F)=CC(=O)N1c1c(F)cc(Br)cc1F. The minimum atomic E-state index is -0.907. The average molecular weight is 445 g/mol. The lowest BCUT2D eigenvalue weighted by molar-refractivity contribution is -0.115. The third-order valence-electron chi connectivity index (χ3n) is 3.85. The number of nitrogens with one attached hydrogen (secondary N) is 1. The van der Waals surface area contributed by atoms with Crippen molar-refractivity contribution in [3.63, 3.8) is 0 Å². The molecule has 0 saturated carbocycles. The second kappa shape index (κ2) is 7.59. The average Bonchev–Trinajstić information content (AvgIpc) is 2.55. The number of hydrogen-bond acceptors (Lipinski definition) is 3. The number of benzene rings is 2. The molecule has 1 aliphatic rings. The van der Waals surface area contributed by atoms with Crippen molar-refractivity contribution in [1.82, 2.24) is 5.32 Å². The van der Waals surface area contributed by atoms with Crippen LogP contribution in [0.25, 0.3) is 0 Å².